The van der Waals surface area contributed by atoms with Gasteiger partial charge in [-0.25, -0.2) is 9.97 Å². The normalized spacial score (nSPS) is 10.6. The number of rotatable bonds is 6. The molecule has 0 fully saturated rings. The highest BCUT2D eigenvalue weighted by Crippen LogP contribution is 2.22. The van der Waals surface area contributed by atoms with E-state index in [0.717, 1.165) is 22.4 Å². The maximum Gasteiger partial charge on any atom is 0.190 e. The first-order chi connectivity index (χ1) is 9.69. The third kappa shape index (κ3) is 4.21. The Hall–Kier alpha value is -1.59. The first-order valence-corrected chi connectivity index (χ1v) is 7.52. The van der Waals surface area contributed by atoms with Crippen molar-refractivity contribution in [3.63, 3.8) is 0 Å². The average molecular weight is 289 g/mol. The van der Waals surface area contributed by atoms with Gasteiger partial charge >= 0.3 is 0 Å². The van der Waals surface area contributed by atoms with E-state index in [-0.39, 0.29) is 6.61 Å². The first-order valence-electron chi connectivity index (χ1n) is 6.53. The van der Waals surface area contributed by atoms with E-state index in [0.29, 0.717) is 6.54 Å². The highest BCUT2D eigenvalue weighted by molar-refractivity contribution is 7.98. The zero-order valence-electron chi connectivity index (χ0n) is 11.8. The summed E-state index contributed by atoms with van der Waals surface area (Å²) < 4.78 is 0. The molecule has 20 heavy (non-hydrogen) atoms. The molecule has 5 heteroatoms. The van der Waals surface area contributed by atoms with E-state index < -0.39 is 0 Å². The number of benzene rings is 1. The standard InChI is InChI=1S/C15H19N3OS/c1-12-10-14(18(2)8-9-19)17-15(16-12)20-11-13-6-4-3-5-7-13/h3-7,10,19H,8-9,11H2,1-2H3. The van der Waals surface area contributed by atoms with Crippen LogP contribution in [0.2, 0.25) is 0 Å². The van der Waals surface area contributed by atoms with Gasteiger partial charge in [0.1, 0.15) is 5.82 Å². The van der Waals surface area contributed by atoms with Crippen molar-refractivity contribution in [3.8, 4) is 0 Å². The van der Waals surface area contributed by atoms with Gasteiger partial charge in [0.05, 0.1) is 6.61 Å². The molecular weight excluding hydrogens is 270 g/mol. The number of hydrogen-bond acceptors (Lipinski definition) is 5. The zero-order chi connectivity index (χ0) is 14.4. The molecule has 1 aromatic carbocycles. The maximum absolute atomic E-state index is 9.00. The van der Waals surface area contributed by atoms with E-state index in [2.05, 4.69) is 22.1 Å². The van der Waals surface area contributed by atoms with Crippen molar-refractivity contribution < 1.29 is 5.11 Å². The fraction of sp³-hybridized carbons (Fsp3) is 0.333. The summed E-state index contributed by atoms with van der Waals surface area (Å²) in [5, 5.41) is 9.77. The van der Waals surface area contributed by atoms with Gasteiger partial charge in [-0.1, -0.05) is 42.1 Å². The SMILES string of the molecule is Cc1cc(N(C)CCO)nc(SCc2ccccc2)n1. The Balaban J connectivity index is 2.08. The molecule has 0 spiro atoms. The van der Waals surface area contributed by atoms with Crippen LogP contribution in [0.1, 0.15) is 11.3 Å². The van der Waals surface area contributed by atoms with Gasteiger partial charge in [0.25, 0.3) is 0 Å². The van der Waals surface area contributed by atoms with E-state index in [9.17, 15) is 0 Å². The molecule has 4 nitrogen and oxygen atoms in total. The number of thioether (sulfide) groups is 1. The monoisotopic (exact) mass is 289 g/mol. The summed E-state index contributed by atoms with van der Waals surface area (Å²) in [4.78, 5) is 10.9. The van der Waals surface area contributed by atoms with Gasteiger partial charge in [0, 0.05) is 31.1 Å². The fourth-order valence-electron chi connectivity index (χ4n) is 1.77. The van der Waals surface area contributed by atoms with Gasteiger partial charge in [-0.05, 0) is 12.5 Å². The van der Waals surface area contributed by atoms with Crippen molar-refractivity contribution >= 4 is 17.6 Å². The summed E-state index contributed by atoms with van der Waals surface area (Å²) >= 11 is 1.63. The number of aliphatic hydroxyl groups is 1. The molecule has 0 bridgehead atoms. The summed E-state index contributed by atoms with van der Waals surface area (Å²) in [6.45, 7) is 2.65. The van der Waals surface area contributed by atoms with E-state index >= 15 is 0 Å². The Bertz CT molecular complexity index is 548. The van der Waals surface area contributed by atoms with Crippen LogP contribution in [0.3, 0.4) is 0 Å². The van der Waals surface area contributed by atoms with Gasteiger partial charge in [0.15, 0.2) is 5.16 Å². The molecule has 106 valence electrons. The number of nitrogens with zero attached hydrogens (tertiary/aromatic N) is 3. The minimum absolute atomic E-state index is 0.117. The van der Waals surface area contributed by atoms with E-state index in [1.165, 1.54) is 5.56 Å². The maximum atomic E-state index is 9.00. The van der Waals surface area contributed by atoms with Crippen LogP contribution in [0.4, 0.5) is 5.82 Å². The number of aromatic nitrogens is 2. The highest BCUT2D eigenvalue weighted by atomic mass is 32.2. The third-order valence-electron chi connectivity index (χ3n) is 2.86. The van der Waals surface area contributed by atoms with Crippen LogP contribution >= 0.6 is 11.8 Å². The van der Waals surface area contributed by atoms with Crippen molar-refractivity contribution in [2.24, 2.45) is 0 Å². The largest absolute Gasteiger partial charge is 0.395 e. The number of likely N-dealkylation sites (N-methyl/N-ethyl adjacent to an activating group) is 1. The molecular formula is C15H19N3OS. The van der Waals surface area contributed by atoms with Crippen molar-refractivity contribution in [2.75, 3.05) is 25.1 Å². The number of aliphatic hydroxyl groups excluding tert-OH is 1. The Morgan fingerprint density at radius 1 is 1.20 bits per heavy atom. The van der Waals surface area contributed by atoms with Crippen LogP contribution in [0.15, 0.2) is 41.6 Å². The van der Waals surface area contributed by atoms with E-state index in [1.54, 1.807) is 11.8 Å². The quantitative estimate of drug-likeness (QED) is 0.654. The van der Waals surface area contributed by atoms with Crippen molar-refractivity contribution in [1.82, 2.24) is 9.97 Å². The summed E-state index contributed by atoms with van der Waals surface area (Å²) in [7, 11) is 1.92. The molecule has 0 unspecified atom stereocenters. The van der Waals surface area contributed by atoms with Crippen molar-refractivity contribution in [1.29, 1.82) is 0 Å². The van der Waals surface area contributed by atoms with Crippen LogP contribution in [0.5, 0.6) is 0 Å². The van der Waals surface area contributed by atoms with Crippen LogP contribution in [-0.4, -0.2) is 35.3 Å². The Kier molecular flexibility index (Phi) is 5.38. The molecule has 0 aliphatic rings. The molecule has 0 saturated carbocycles. The molecule has 1 heterocycles. The lowest BCUT2D eigenvalue weighted by molar-refractivity contribution is 0.303. The second-order valence-electron chi connectivity index (χ2n) is 4.57. The average Bonchev–Trinajstić information content (AvgIpc) is 2.46. The molecule has 0 atom stereocenters. The second kappa shape index (κ2) is 7.26. The highest BCUT2D eigenvalue weighted by Gasteiger charge is 2.07. The topological polar surface area (TPSA) is 49.2 Å². The minimum Gasteiger partial charge on any atom is -0.395 e. The van der Waals surface area contributed by atoms with Gasteiger partial charge in [-0.3, -0.25) is 0 Å². The number of anilines is 1. The molecule has 0 saturated heterocycles. The number of hydrogen-bond donors (Lipinski definition) is 1. The molecule has 0 amide bonds. The van der Waals surface area contributed by atoms with Gasteiger partial charge in [0.2, 0.25) is 0 Å². The Morgan fingerprint density at radius 2 is 1.95 bits per heavy atom. The predicted molar refractivity (Wildman–Crippen MR) is 83.1 cm³/mol. The summed E-state index contributed by atoms with van der Waals surface area (Å²) in [6.07, 6.45) is 0. The summed E-state index contributed by atoms with van der Waals surface area (Å²) in [6, 6.07) is 12.2. The van der Waals surface area contributed by atoms with Gasteiger partial charge in [-0.2, -0.15) is 0 Å². The van der Waals surface area contributed by atoms with Crippen LogP contribution in [0.25, 0.3) is 0 Å². The van der Waals surface area contributed by atoms with E-state index in [4.69, 9.17) is 5.11 Å². The Morgan fingerprint density at radius 3 is 2.65 bits per heavy atom. The molecule has 0 radical (unpaired) electrons. The molecule has 1 N–H and O–H groups in total. The van der Waals surface area contributed by atoms with Crippen LogP contribution in [0, 0.1) is 6.92 Å². The lowest BCUT2D eigenvalue weighted by Gasteiger charge is -2.17. The Labute approximate surface area is 123 Å². The fourth-order valence-corrected chi connectivity index (χ4v) is 2.63. The van der Waals surface area contributed by atoms with Crippen LogP contribution in [-0.2, 0) is 5.75 Å². The number of aryl methyl sites for hydroxylation is 1. The predicted octanol–water partition coefficient (Wildman–Crippen LogP) is 2.51. The zero-order valence-corrected chi connectivity index (χ0v) is 12.6. The first kappa shape index (κ1) is 14.8. The van der Waals surface area contributed by atoms with E-state index in [1.807, 2.05) is 43.1 Å². The molecule has 2 aromatic rings. The minimum atomic E-state index is 0.117. The van der Waals surface area contributed by atoms with Crippen molar-refractivity contribution in [3.05, 3.63) is 47.7 Å². The third-order valence-corrected chi connectivity index (χ3v) is 3.78. The van der Waals surface area contributed by atoms with Gasteiger partial charge in [-0.15, -0.1) is 0 Å². The molecule has 0 aliphatic carbocycles. The lowest BCUT2D eigenvalue weighted by Crippen LogP contribution is -2.22. The summed E-state index contributed by atoms with van der Waals surface area (Å²) in [5.74, 6) is 1.70. The van der Waals surface area contributed by atoms with Crippen LogP contribution < -0.4 is 4.90 Å². The van der Waals surface area contributed by atoms with Gasteiger partial charge < -0.3 is 10.0 Å². The lowest BCUT2D eigenvalue weighted by atomic mass is 10.2. The smallest absolute Gasteiger partial charge is 0.190 e. The summed E-state index contributed by atoms with van der Waals surface area (Å²) in [5.41, 5.74) is 2.20. The molecule has 1 aromatic heterocycles. The second-order valence-corrected chi connectivity index (χ2v) is 5.51. The molecule has 2 rings (SSSR count). The van der Waals surface area contributed by atoms with Crippen molar-refractivity contribution in [2.45, 2.75) is 17.8 Å². The molecule has 0 aliphatic heterocycles.